The Morgan fingerprint density at radius 1 is 1.17 bits per heavy atom. The zero-order chi connectivity index (χ0) is 19.0. The van der Waals surface area contributed by atoms with E-state index in [0.717, 1.165) is 38.6 Å². The minimum Gasteiger partial charge on any atom is -0.475 e. The van der Waals surface area contributed by atoms with Crippen molar-refractivity contribution in [3.63, 3.8) is 0 Å². The van der Waals surface area contributed by atoms with E-state index in [9.17, 15) is 18.0 Å². The largest absolute Gasteiger partial charge is 0.490 e. The minimum atomic E-state index is -5.08. The molecule has 0 aromatic rings. The van der Waals surface area contributed by atoms with Gasteiger partial charge in [-0.3, -0.25) is 4.79 Å². The molecule has 0 aliphatic rings. The van der Waals surface area contributed by atoms with Crippen molar-refractivity contribution in [1.29, 1.82) is 0 Å². The fraction of sp³-hybridized carbons (Fsp3) is 0.867. The molecule has 9 heteroatoms. The smallest absolute Gasteiger partial charge is 0.475 e. The number of hydrogen-bond donors (Lipinski definition) is 3. The SMILES string of the molecule is CCCCCCC(=O)NCCCC[C@@H](N)OC.O=C(O)C(F)(F)F. The van der Waals surface area contributed by atoms with Crippen molar-refractivity contribution >= 4 is 11.9 Å². The zero-order valence-electron chi connectivity index (χ0n) is 14.3. The van der Waals surface area contributed by atoms with Crippen LogP contribution in [0, 0.1) is 0 Å². The second kappa shape index (κ2) is 15.2. The van der Waals surface area contributed by atoms with Gasteiger partial charge >= 0.3 is 12.1 Å². The molecule has 1 atom stereocenters. The number of carboxylic acid groups (broad SMARTS) is 1. The van der Waals surface area contributed by atoms with Crippen molar-refractivity contribution in [1.82, 2.24) is 5.32 Å². The number of methoxy groups -OCH3 is 1. The molecule has 0 radical (unpaired) electrons. The van der Waals surface area contributed by atoms with E-state index >= 15 is 0 Å². The highest BCUT2D eigenvalue weighted by Gasteiger charge is 2.38. The summed E-state index contributed by atoms with van der Waals surface area (Å²) in [6.07, 6.45) is 2.83. The maximum absolute atomic E-state index is 11.4. The number of amides is 1. The molecule has 0 heterocycles. The van der Waals surface area contributed by atoms with Gasteiger partial charge in [-0.05, 0) is 25.7 Å². The molecule has 0 saturated heterocycles. The maximum Gasteiger partial charge on any atom is 0.490 e. The van der Waals surface area contributed by atoms with Gasteiger partial charge in [0.05, 0.1) is 0 Å². The van der Waals surface area contributed by atoms with Crippen molar-refractivity contribution in [3.05, 3.63) is 0 Å². The van der Waals surface area contributed by atoms with Crippen molar-refractivity contribution in [3.8, 4) is 0 Å². The third kappa shape index (κ3) is 18.7. The fourth-order valence-electron chi connectivity index (χ4n) is 1.62. The number of carboxylic acids is 1. The number of unbranched alkanes of at least 4 members (excludes halogenated alkanes) is 4. The Balaban J connectivity index is 0. The van der Waals surface area contributed by atoms with Crippen LogP contribution in [-0.2, 0) is 14.3 Å². The predicted molar refractivity (Wildman–Crippen MR) is 84.3 cm³/mol. The Bertz CT molecular complexity index is 339. The maximum atomic E-state index is 11.4. The first kappa shape index (κ1) is 24.9. The molecule has 144 valence electrons. The highest BCUT2D eigenvalue weighted by Crippen LogP contribution is 2.13. The number of aliphatic carboxylic acids is 1. The third-order valence-electron chi connectivity index (χ3n) is 3.04. The first-order valence-corrected chi connectivity index (χ1v) is 8.00. The topological polar surface area (TPSA) is 102 Å². The van der Waals surface area contributed by atoms with Crippen molar-refractivity contribution < 1.29 is 32.6 Å². The van der Waals surface area contributed by atoms with Crippen LogP contribution in [0.25, 0.3) is 0 Å². The van der Waals surface area contributed by atoms with Gasteiger partial charge in [0.1, 0.15) is 6.23 Å². The predicted octanol–water partition coefficient (Wildman–Crippen LogP) is 2.81. The number of carbonyl (C=O) groups is 2. The van der Waals surface area contributed by atoms with Gasteiger partial charge in [0.25, 0.3) is 0 Å². The number of halogens is 3. The lowest BCUT2D eigenvalue weighted by atomic mass is 10.1. The summed E-state index contributed by atoms with van der Waals surface area (Å²) >= 11 is 0. The van der Waals surface area contributed by atoms with Crippen LogP contribution >= 0.6 is 0 Å². The van der Waals surface area contributed by atoms with E-state index in [1.165, 1.54) is 12.8 Å². The quantitative estimate of drug-likeness (QED) is 0.389. The molecule has 0 aromatic heterocycles. The number of nitrogens with one attached hydrogen (secondary N) is 1. The monoisotopic (exact) mass is 358 g/mol. The summed E-state index contributed by atoms with van der Waals surface area (Å²) in [5, 5.41) is 10.1. The first-order chi connectivity index (χ1) is 11.1. The molecular formula is C15H29F3N2O4. The third-order valence-corrected chi connectivity index (χ3v) is 3.04. The molecule has 4 N–H and O–H groups in total. The number of ether oxygens (including phenoxy) is 1. The van der Waals surface area contributed by atoms with E-state index in [1.54, 1.807) is 7.11 Å². The Kier molecular flexibility index (Phi) is 15.8. The average Bonchev–Trinajstić information content (AvgIpc) is 2.50. The van der Waals surface area contributed by atoms with Crippen LogP contribution in [-0.4, -0.2) is 43.0 Å². The van der Waals surface area contributed by atoms with Gasteiger partial charge in [0.2, 0.25) is 5.91 Å². The molecule has 0 aromatic carbocycles. The van der Waals surface area contributed by atoms with E-state index in [2.05, 4.69) is 12.2 Å². The number of alkyl halides is 3. The van der Waals surface area contributed by atoms with E-state index < -0.39 is 12.1 Å². The summed E-state index contributed by atoms with van der Waals surface area (Å²) in [7, 11) is 1.61. The van der Waals surface area contributed by atoms with Crippen molar-refractivity contribution in [2.75, 3.05) is 13.7 Å². The molecule has 0 fully saturated rings. The molecule has 0 bridgehead atoms. The van der Waals surface area contributed by atoms with Gasteiger partial charge in [-0.25, -0.2) is 4.79 Å². The van der Waals surface area contributed by atoms with Crippen LogP contribution in [0.1, 0.15) is 58.3 Å². The first-order valence-electron chi connectivity index (χ1n) is 8.00. The summed E-state index contributed by atoms with van der Waals surface area (Å²) in [5.41, 5.74) is 5.60. The Labute approximate surface area is 140 Å². The van der Waals surface area contributed by atoms with Gasteiger partial charge in [-0.2, -0.15) is 13.2 Å². The Morgan fingerprint density at radius 3 is 2.21 bits per heavy atom. The van der Waals surface area contributed by atoms with Gasteiger partial charge in [0, 0.05) is 20.1 Å². The van der Waals surface area contributed by atoms with Crippen LogP contribution < -0.4 is 11.1 Å². The Hall–Kier alpha value is -1.35. The van der Waals surface area contributed by atoms with Crippen LogP contribution in [0.3, 0.4) is 0 Å². The number of rotatable bonds is 11. The highest BCUT2D eigenvalue weighted by molar-refractivity contribution is 5.75. The summed E-state index contributed by atoms with van der Waals surface area (Å²) in [6.45, 7) is 2.92. The van der Waals surface area contributed by atoms with Crippen LogP contribution in [0.2, 0.25) is 0 Å². The summed E-state index contributed by atoms with van der Waals surface area (Å²) in [6, 6.07) is 0. The number of hydrogen-bond acceptors (Lipinski definition) is 4. The lowest BCUT2D eigenvalue weighted by Crippen LogP contribution is -2.25. The van der Waals surface area contributed by atoms with Gasteiger partial charge in [-0.1, -0.05) is 26.2 Å². The fourth-order valence-corrected chi connectivity index (χ4v) is 1.62. The van der Waals surface area contributed by atoms with Gasteiger partial charge in [0.15, 0.2) is 0 Å². The summed E-state index contributed by atoms with van der Waals surface area (Å²) < 4.78 is 36.7. The highest BCUT2D eigenvalue weighted by atomic mass is 19.4. The molecule has 24 heavy (non-hydrogen) atoms. The van der Waals surface area contributed by atoms with Crippen molar-refractivity contribution in [2.45, 2.75) is 70.7 Å². The molecule has 0 unspecified atom stereocenters. The number of carbonyl (C=O) groups excluding carboxylic acids is 1. The summed E-state index contributed by atoms with van der Waals surface area (Å²) in [5.74, 6) is -2.58. The average molecular weight is 358 g/mol. The zero-order valence-corrected chi connectivity index (χ0v) is 14.3. The molecule has 1 amide bonds. The standard InChI is InChI=1S/C13H28N2O2.C2HF3O2/c1-3-4-5-6-10-13(16)15-11-8-7-9-12(14)17-2;3-2(4,5)1(6)7/h12H,3-11,14H2,1-2H3,(H,15,16);(H,6,7)/t12-;/m0./s1. The molecule has 0 spiro atoms. The van der Waals surface area contributed by atoms with E-state index in [4.69, 9.17) is 20.4 Å². The molecule has 0 rings (SSSR count). The second-order valence-electron chi connectivity index (χ2n) is 5.23. The molecule has 0 aliphatic carbocycles. The molecular weight excluding hydrogens is 329 g/mol. The molecule has 6 nitrogen and oxygen atoms in total. The minimum absolute atomic E-state index is 0.167. The van der Waals surface area contributed by atoms with Crippen LogP contribution in [0.5, 0.6) is 0 Å². The normalized spacial score (nSPS) is 12.1. The van der Waals surface area contributed by atoms with Gasteiger partial charge in [-0.15, -0.1) is 0 Å². The van der Waals surface area contributed by atoms with E-state index in [1.807, 2.05) is 0 Å². The van der Waals surface area contributed by atoms with Gasteiger partial charge < -0.3 is 20.9 Å². The second-order valence-corrected chi connectivity index (χ2v) is 5.23. The lowest BCUT2D eigenvalue weighted by Gasteiger charge is -2.09. The van der Waals surface area contributed by atoms with E-state index in [0.29, 0.717) is 6.42 Å². The van der Waals surface area contributed by atoms with E-state index in [-0.39, 0.29) is 12.1 Å². The summed E-state index contributed by atoms with van der Waals surface area (Å²) in [4.78, 5) is 20.3. The Morgan fingerprint density at radius 2 is 1.75 bits per heavy atom. The van der Waals surface area contributed by atoms with Crippen LogP contribution in [0.15, 0.2) is 0 Å². The van der Waals surface area contributed by atoms with Crippen molar-refractivity contribution in [2.24, 2.45) is 5.73 Å². The van der Waals surface area contributed by atoms with Crippen LogP contribution in [0.4, 0.5) is 13.2 Å². The molecule has 0 aliphatic heterocycles. The molecule has 0 saturated carbocycles. The number of nitrogens with two attached hydrogens (primary N) is 1. The lowest BCUT2D eigenvalue weighted by molar-refractivity contribution is -0.192.